The van der Waals surface area contributed by atoms with Gasteiger partial charge in [-0.05, 0) is 42.7 Å². The predicted molar refractivity (Wildman–Crippen MR) is 80.7 cm³/mol. The monoisotopic (exact) mass is 285 g/mol. The average molecular weight is 285 g/mol. The van der Waals surface area contributed by atoms with Crippen LogP contribution in [0.4, 0.5) is 0 Å². The van der Waals surface area contributed by atoms with Gasteiger partial charge in [-0.15, -0.1) is 0 Å². The van der Waals surface area contributed by atoms with Crippen molar-refractivity contribution in [2.75, 3.05) is 13.2 Å². The lowest BCUT2D eigenvalue weighted by Gasteiger charge is -2.12. The number of carbonyl (C=O) groups is 2. The molecule has 1 aliphatic carbocycles. The SMILES string of the molecule is CCOCCCC(=O)C1=CC(c2ccncc2)=CCC1=O. The van der Waals surface area contributed by atoms with Gasteiger partial charge in [0.15, 0.2) is 11.6 Å². The Kier molecular flexibility index (Phi) is 5.58. The molecule has 0 N–H and O–H groups in total. The number of allylic oxidation sites excluding steroid dienone is 4. The van der Waals surface area contributed by atoms with E-state index in [4.69, 9.17) is 4.74 Å². The van der Waals surface area contributed by atoms with Gasteiger partial charge in [-0.1, -0.05) is 6.08 Å². The lowest BCUT2D eigenvalue weighted by Crippen LogP contribution is -2.15. The number of nitrogens with zero attached hydrogens (tertiary/aromatic N) is 1. The number of hydrogen-bond donors (Lipinski definition) is 0. The second kappa shape index (κ2) is 7.64. The van der Waals surface area contributed by atoms with Crippen molar-refractivity contribution < 1.29 is 14.3 Å². The summed E-state index contributed by atoms with van der Waals surface area (Å²) in [5.74, 6) is -0.200. The van der Waals surface area contributed by atoms with Crippen LogP contribution in [0.3, 0.4) is 0 Å². The van der Waals surface area contributed by atoms with Crippen LogP contribution in [-0.2, 0) is 14.3 Å². The van der Waals surface area contributed by atoms with Crippen LogP contribution in [0.5, 0.6) is 0 Å². The van der Waals surface area contributed by atoms with Gasteiger partial charge < -0.3 is 4.74 Å². The van der Waals surface area contributed by atoms with Crippen LogP contribution in [0.1, 0.15) is 31.7 Å². The van der Waals surface area contributed by atoms with Gasteiger partial charge in [0.2, 0.25) is 0 Å². The fourth-order valence-electron chi connectivity index (χ4n) is 2.20. The van der Waals surface area contributed by atoms with E-state index in [1.807, 2.05) is 25.1 Å². The van der Waals surface area contributed by atoms with Gasteiger partial charge >= 0.3 is 0 Å². The van der Waals surface area contributed by atoms with Crippen molar-refractivity contribution in [1.29, 1.82) is 0 Å². The number of hydrogen-bond acceptors (Lipinski definition) is 4. The second-order valence-corrected chi connectivity index (χ2v) is 4.80. The number of carbonyl (C=O) groups excluding carboxylic acids is 2. The van der Waals surface area contributed by atoms with Crippen molar-refractivity contribution in [2.45, 2.75) is 26.2 Å². The highest BCUT2D eigenvalue weighted by atomic mass is 16.5. The van der Waals surface area contributed by atoms with Gasteiger partial charge in [-0.25, -0.2) is 0 Å². The van der Waals surface area contributed by atoms with Crippen LogP contribution in [0.15, 0.2) is 42.3 Å². The molecule has 4 heteroatoms. The standard InChI is InChI=1S/C17H19NO3/c1-2-21-11-3-4-16(19)15-12-14(5-6-17(15)20)13-7-9-18-10-8-13/h5,7-10,12H,2-4,6,11H2,1H3. The highest BCUT2D eigenvalue weighted by Gasteiger charge is 2.21. The van der Waals surface area contributed by atoms with E-state index >= 15 is 0 Å². The van der Waals surface area contributed by atoms with Gasteiger partial charge in [0.25, 0.3) is 0 Å². The molecule has 0 saturated heterocycles. The Morgan fingerprint density at radius 3 is 2.81 bits per heavy atom. The molecule has 0 radical (unpaired) electrons. The summed E-state index contributed by atoms with van der Waals surface area (Å²) < 4.78 is 5.21. The topological polar surface area (TPSA) is 56.3 Å². The van der Waals surface area contributed by atoms with Crippen LogP contribution in [0.25, 0.3) is 5.57 Å². The molecule has 2 rings (SSSR count). The lowest BCUT2D eigenvalue weighted by atomic mass is 9.90. The summed E-state index contributed by atoms with van der Waals surface area (Å²) in [6.45, 7) is 3.11. The van der Waals surface area contributed by atoms with Crippen molar-refractivity contribution in [3.63, 3.8) is 0 Å². The zero-order valence-corrected chi connectivity index (χ0v) is 12.2. The summed E-state index contributed by atoms with van der Waals surface area (Å²) >= 11 is 0. The third kappa shape index (κ3) is 4.20. The minimum atomic E-state index is -0.103. The molecule has 0 aliphatic heterocycles. The highest BCUT2D eigenvalue weighted by molar-refractivity contribution is 6.23. The first-order valence-corrected chi connectivity index (χ1v) is 7.18. The Morgan fingerprint density at radius 2 is 2.10 bits per heavy atom. The molecule has 21 heavy (non-hydrogen) atoms. The third-order valence-corrected chi connectivity index (χ3v) is 3.32. The van der Waals surface area contributed by atoms with Crippen LogP contribution in [0.2, 0.25) is 0 Å². The van der Waals surface area contributed by atoms with Crippen LogP contribution in [-0.4, -0.2) is 29.8 Å². The van der Waals surface area contributed by atoms with Crippen LogP contribution < -0.4 is 0 Å². The first kappa shape index (κ1) is 15.3. The zero-order chi connectivity index (χ0) is 15.1. The van der Waals surface area contributed by atoms with Crippen molar-refractivity contribution in [3.05, 3.63) is 47.8 Å². The fraction of sp³-hybridized carbons (Fsp3) is 0.353. The Bertz CT molecular complexity index is 573. The smallest absolute Gasteiger partial charge is 0.170 e. The zero-order valence-electron chi connectivity index (χ0n) is 12.2. The molecule has 1 heterocycles. The molecule has 0 spiro atoms. The molecule has 0 unspecified atom stereocenters. The fourth-order valence-corrected chi connectivity index (χ4v) is 2.20. The molecule has 0 saturated carbocycles. The average Bonchev–Trinajstić information content (AvgIpc) is 2.52. The van der Waals surface area contributed by atoms with E-state index in [-0.39, 0.29) is 18.0 Å². The predicted octanol–water partition coefficient (Wildman–Crippen LogP) is 2.75. The van der Waals surface area contributed by atoms with Crippen molar-refractivity contribution in [1.82, 2.24) is 4.98 Å². The summed E-state index contributed by atoms with van der Waals surface area (Å²) in [5.41, 5.74) is 2.18. The molecule has 0 atom stereocenters. The van der Waals surface area contributed by atoms with Gasteiger partial charge in [0.1, 0.15) is 0 Å². The van der Waals surface area contributed by atoms with Gasteiger partial charge in [0.05, 0.1) is 5.57 Å². The van der Waals surface area contributed by atoms with Gasteiger partial charge in [0, 0.05) is 38.4 Å². The first-order chi connectivity index (χ1) is 10.2. The summed E-state index contributed by atoms with van der Waals surface area (Å²) in [4.78, 5) is 28.1. The van der Waals surface area contributed by atoms with Gasteiger partial charge in [-0.3, -0.25) is 14.6 Å². The van der Waals surface area contributed by atoms with Crippen molar-refractivity contribution in [3.8, 4) is 0 Å². The maximum absolute atomic E-state index is 12.2. The molecule has 0 bridgehead atoms. The van der Waals surface area contributed by atoms with E-state index in [0.717, 1.165) is 11.1 Å². The maximum Gasteiger partial charge on any atom is 0.170 e. The van der Waals surface area contributed by atoms with E-state index in [9.17, 15) is 9.59 Å². The largest absolute Gasteiger partial charge is 0.382 e. The summed E-state index contributed by atoms with van der Waals surface area (Å²) in [6, 6.07) is 3.74. The molecule has 1 aliphatic rings. The maximum atomic E-state index is 12.2. The summed E-state index contributed by atoms with van der Waals surface area (Å²) in [7, 11) is 0. The third-order valence-electron chi connectivity index (χ3n) is 3.32. The second-order valence-electron chi connectivity index (χ2n) is 4.80. The minimum Gasteiger partial charge on any atom is -0.382 e. The number of ether oxygens (including phenoxy) is 1. The Labute approximate surface area is 124 Å². The number of pyridine rings is 1. The van der Waals surface area contributed by atoms with Crippen LogP contribution in [0, 0.1) is 0 Å². The van der Waals surface area contributed by atoms with Gasteiger partial charge in [-0.2, -0.15) is 0 Å². The number of Topliss-reactive ketones (excluding diaryl/α,β-unsaturated/α-hetero) is 2. The molecule has 4 nitrogen and oxygen atoms in total. The molecule has 0 amide bonds. The van der Waals surface area contributed by atoms with E-state index in [1.165, 1.54) is 0 Å². The molecule has 110 valence electrons. The van der Waals surface area contributed by atoms with E-state index in [0.29, 0.717) is 31.6 Å². The number of ketones is 2. The number of aromatic nitrogens is 1. The number of rotatable bonds is 7. The first-order valence-electron chi connectivity index (χ1n) is 7.18. The van der Waals surface area contributed by atoms with Crippen molar-refractivity contribution in [2.24, 2.45) is 0 Å². The van der Waals surface area contributed by atoms with Crippen molar-refractivity contribution >= 4 is 17.1 Å². The summed E-state index contributed by atoms with van der Waals surface area (Å²) in [6.07, 6.45) is 8.22. The lowest BCUT2D eigenvalue weighted by molar-refractivity contribution is -0.121. The Balaban J connectivity index is 2.07. The Hall–Kier alpha value is -2.07. The normalized spacial score (nSPS) is 14.6. The van der Waals surface area contributed by atoms with E-state index < -0.39 is 0 Å². The van der Waals surface area contributed by atoms with E-state index in [2.05, 4.69) is 4.98 Å². The molecule has 1 aromatic heterocycles. The highest BCUT2D eigenvalue weighted by Crippen LogP contribution is 2.24. The molecular weight excluding hydrogens is 266 g/mol. The molecule has 0 aromatic carbocycles. The molecule has 0 fully saturated rings. The molecular formula is C17H19NO3. The van der Waals surface area contributed by atoms with E-state index in [1.54, 1.807) is 18.5 Å². The molecule has 1 aromatic rings. The minimum absolute atomic E-state index is 0.0978. The van der Waals surface area contributed by atoms with Crippen LogP contribution >= 0.6 is 0 Å². The summed E-state index contributed by atoms with van der Waals surface area (Å²) in [5, 5.41) is 0. The Morgan fingerprint density at radius 1 is 1.33 bits per heavy atom. The quantitative estimate of drug-likeness (QED) is 0.571.